The van der Waals surface area contributed by atoms with Crippen LogP contribution in [0.2, 0.25) is 0 Å². The molecule has 0 fully saturated rings. The van der Waals surface area contributed by atoms with Gasteiger partial charge in [-0.05, 0) is 24.3 Å². The van der Waals surface area contributed by atoms with Crippen molar-refractivity contribution in [2.75, 3.05) is 0 Å². The van der Waals surface area contributed by atoms with E-state index in [-0.39, 0.29) is 0 Å². The van der Waals surface area contributed by atoms with Gasteiger partial charge in [-0.25, -0.2) is 20.0 Å². The number of hydrogen-bond donors (Lipinski definition) is 0. The topological polar surface area (TPSA) is 50.5 Å². The second-order valence-electron chi connectivity index (χ2n) is 8.01. The molecule has 0 spiro atoms. The molecule has 160 valence electrons. The van der Waals surface area contributed by atoms with E-state index in [2.05, 4.69) is 46.4 Å². The maximum atomic E-state index is 5.15. The second-order valence-corrected chi connectivity index (χ2v) is 8.01. The average molecular weight is 437 g/mol. The maximum absolute atomic E-state index is 5.15. The highest BCUT2D eigenvalue weighted by Crippen LogP contribution is 2.32. The molecule has 6 rings (SSSR count). The van der Waals surface area contributed by atoms with Gasteiger partial charge in [0.2, 0.25) is 0 Å². The van der Waals surface area contributed by atoms with E-state index in [0.717, 1.165) is 56.4 Å². The minimum absolute atomic E-state index is 0.768. The third-order valence-corrected chi connectivity index (χ3v) is 5.78. The monoisotopic (exact) mass is 436 g/mol. The summed E-state index contributed by atoms with van der Waals surface area (Å²) >= 11 is 0. The van der Waals surface area contributed by atoms with Gasteiger partial charge < -0.3 is 0 Å². The van der Waals surface area contributed by atoms with E-state index in [1.165, 1.54) is 0 Å². The lowest BCUT2D eigenvalue weighted by Crippen LogP contribution is -2.08. The van der Waals surface area contributed by atoms with Gasteiger partial charge in [-0.2, -0.15) is 0 Å². The van der Waals surface area contributed by atoms with E-state index in [1.807, 2.05) is 78.9 Å². The molecule has 0 atom stereocenters. The summed E-state index contributed by atoms with van der Waals surface area (Å²) < 4.78 is 0. The van der Waals surface area contributed by atoms with Crippen molar-refractivity contribution in [3.63, 3.8) is 0 Å². The summed E-state index contributed by atoms with van der Waals surface area (Å²) in [5, 5.41) is 0. The second kappa shape index (κ2) is 8.68. The Morgan fingerprint density at radius 1 is 0.382 bits per heavy atom. The van der Waals surface area contributed by atoms with Gasteiger partial charge in [0.15, 0.2) is 0 Å². The molecule has 1 aliphatic heterocycles. The number of hydrogen-bond acceptors (Lipinski definition) is 4. The first-order chi connectivity index (χ1) is 16.8. The summed E-state index contributed by atoms with van der Waals surface area (Å²) in [4.78, 5) is 19.4. The van der Waals surface area contributed by atoms with Gasteiger partial charge in [-0.1, -0.05) is 91.0 Å². The van der Waals surface area contributed by atoms with E-state index < -0.39 is 0 Å². The van der Waals surface area contributed by atoms with E-state index in [4.69, 9.17) is 9.98 Å². The molecule has 0 N–H and O–H groups in total. The molecule has 5 aromatic rings. The average Bonchev–Trinajstić information content (AvgIpc) is 2.92. The number of nitrogens with zero attached hydrogens (tertiary/aromatic N) is 4. The number of fused-ring (bicyclic) bond motifs is 6. The SMILES string of the molecule is c1ccc(C2=Nc3ccccc3N=C(c3ccccc3)c3cc(ncn3)-c3cccc2c3)cc1. The van der Waals surface area contributed by atoms with Gasteiger partial charge in [0.1, 0.15) is 6.33 Å². The summed E-state index contributed by atoms with van der Waals surface area (Å²) in [7, 11) is 0. The van der Waals surface area contributed by atoms with Crippen LogP contribution < -0.4 is 0 Å². The predicted octanol–water partition coefficient (Wildman–Crippen LogP) is 6.80. The molecule has 0 unspecified atom stereocenters. The first-order valence-corrected chi connectivity index (χ1v) is 11.2. The van der Waals surface area contributed by atoms with Crippen LogP contribution in [0.15, 0.2) is 132 Å². The van der Waals surface area contributed by atoms with Crippen LogP contribution in [0, 0.1) is 0 Å². The normalized spacial score (nSPS) is 12.5. The van der Waals surface area contributed by atoms with E-state index >= 15 is 0 Å². The van der Waals surface area contributed by atoms with Crippen molar-refractivity contribution in [2.45, 2.75) is 0 Å². The molecule has 1 aliphatic rings. The molecule has 0 amide bonds. The minimum atomic E-state index is 0.768. The first-order valence-electron chi connectivity index (χ1n) is 11.2. The molecule has 0 aliphatic carbocycles. The molecular formula is C30H20N4. The molecular weight excluding hydrogens is 416 g/mol. The summed E-state index contributed by atoms with van der Waals surface area (Å²) in [6.07, 6.45) is 1.61. The number of benzene rings is 4. The minimum Gasteiger partial charge on any atom is -0.246 e. The van der Waals surface area contributed by atoms with Crippen molar-refractivity contribution in [3.05, 3.63) is 144 Å². The number of para-hydroxylation sites is 2. The lowest BCUT2D eigenvalue weighted by atomic mass is 9.98. The Morgan fingerprint density at radius 2 is 0.912 bits per heavy atom. The molecule has 0 radical (unpaired) electrons. The molecule has 0 saturated heterocycles. The van der Waals surface area contributed by atoms with E-state index in [9.17, 15) is 0 Å². The highest BCUT2D eigenvalue weighted by Gasteiger charge is 2.16. The van der Waals surface area contributed by atoms with Crippen molar-refractivity contribution in [3.8, 4) is 11.3 Å². The molecule has 4 heteroatoms. The Labute approximate surface area is 198 Å². The van der Waals surface area contributed by atoms with Crippen molar-refractivity contribution < 1.29 is 0 Å². The van der Waals surface area contributed by atoms with Crippen LogP contribution in [0.3, 0.4) is 0 Å². The van der Waals surface area contributed by atoms with Gasteiger partial charge in [-0.15, -0.1) is 0 Å². The Balaban J connectivity index is 1.69. The van der Waals surface area contributed by atoms with E-state index in [0.29, 0.717) is 0 Å². The van der Waals surface area contributed by atoms with Crippen LogP contribution in [0.1, 0.15) is 22.4 Å². The summed E-state index contributed by atoms with van der Waals surface area (Å²) in [6, 6.07) is 38.7. The fourth-order valence-corrected chi connectivity index (χ4v) is 4.12. The summed E-state index contributed by atoms with van der Waals surface area (Å²) in [5.74, 6) is 0. The molecule has 34 heavy (non-hydrogen) atoms. The van der Waals surface area contributed by atoms with Crippen molar-refractivity contribution in [1.82, 2.24) is 9.97 Å². The van der Waals surface area contributed by atoms with Crippen LogP contribution in [0.25, 0.3) is 11.3 Å². The number of aliphatic imine (C=N–C) groups is 2. The summed E-state index contributed by atoms with van der Waals surface area (Å²) in [6.45, 7) is 0. The zero-order valence-corrected chi connectivity index (χ0v) is 18.3. The third-order valence-electron chi connectivity index (χ3n) is 5.78. The van der Waals surface area contributed by atoms with Gasteiger partial charge >= 0.3 is 0 Å². The molecule has 4 nitrogen and oxygen atoms in total. The maximum Gasteiger partial charge on any atom is 0.116 e. The predicted molar refractivity (Wildman–Crippen MR) is 137 cm³/mol. The lowest BCUT2D eigenvalue weighted by Gasteiger charge is -2.14. The fraction of sp³-hybridized carbons (Fsp3) is 0. The highest BCUT2D eigenvalue weighted by molar-refractivity contribution is 6.16. The highest BCUT2D eigenvalue weighted by atomic mass is 14.9. The van der Waals surface area contributed by atoms with Gasteiger partial charge in [-0.3, -0.25) is 0 Å². The molecule has 0 saturated carbocycles. The molecule has 2 heterocycles. The Morgan fingerprint density at radius 3 is 1.62 bits per heavy atom. The van der Waals surface area contributed by atoms with E-state index in [1.54, 1.807) is 6.33 Å². The third kappa shape index (κ3) is 3.82. The van der Waals surface area contributed by atoms with Crippen molar-refractivity contribution in [1.29, 1.82) is 0 Å². The number of aromatic nitrogens is 2. The standard InChI is InChI=1S/C30H20N4/c1-3-10-21(11-4-1)29-24-15-9-14-23(18-24)27-19-28(32-20-31-27)30(22-12-5-2-6-13-22)34-26-17-8-7-16-25(26)33-29/h1-20H. The van der Waals surface area contributed by atoms with Crippen molar-refractivity contribution >= 4 is 22.8 Å². The van der Waals surface area contributed by atoms with Crippen LogP contribution in [-0.4, -0.2) is 21.4 Å². The van der Waals surface area contributed by atoms with Crippen LogP contribution in [0.4, 0.5) is 11.4 Å². The Bertz CT molecular complexity index is 1420. The van der Waals surface area contributed by atoms with Gasteiger partial charge in [0.05, 0.1) is 34.2 Å². The fourth-order valence-electron chi connectivity index (χ4n) is 4.12. The summed E-state index contributed by atoms with van der Waals surface area (Å²) in [5.41, 5.74) is 8.92. The largest absolute Gasteiger partial charge is 0.246 e. The van der Waals surface area contributed by atoms with Gasteiger partial charge in [0, 0.05) is 22.3 Å². The zero-order chi connectivity index (χ0) is 22.7. The van der Waals surface area contributed by atoms with Crippen LogP contribution >= 0.6 is 0 Å². The molecule has 4 aromatic carbocycles. The quantitative estimate of drug-likeness (QED) is 0.300. The molecule has 1 aromatic heterocycles. The lowest BCUT2D eigenvalue weighted by molar-refractivity contribution is 1.15. The molecule has 4 bridgehead atoms. The van der Waals surface area contributed by atoms with Crippen LogP contribution in [0.5, 0.6) is 0 Å². The first kappa shape index (κ1) is 19.9. The van der Waals surface area contributed by atoms with Gasteiger partial charge in [0.25, 0.3) is 0 Å². The number of rotatable bonds is 2. The smallest absolute Gasteiger partial charge is 0.116 e. The van der Waals surface area contributed by atoms with Crippen LogP contribution in [-0.2, 0) is 0 Å². The van der Waals surface area contributed by atoms with Crippen molar-refractivity contribution in [2.24, 2.45) is 9.98 Å². The Hall–Kier alpha value is -4.70. The Kier molecular flexibility index (Phi) is 5.09. The zero-order valence-electron chi connectivity index (χ0n) is 18.3.